The molecule has 0 amide bonds. The molecule has 0 spiro atoms. The van der Waals surface area contributed by atoms with Gasteiger partial charge in [-0.25, -0.2) is 0 Å². The molecule has 3 atom stereocenters. The third kappa shape index (κ3) is 1.12. The number of aliphatic carboxylic acids is 1. The molecule has 3 unspecified atom stereocenters. The largest absolute Gasteiger partial charge is 0.481 e. The van der Waals surface area contributed by atoms with Gasteiger partial charge in [-0.05, 0) is 13.8 Å². The predicted octanol–water partition coefficient (Wildman–Crippen LogP) is -0.00100. The van der Waals surface area contributed by atoms with E-state index in [0.717, 1.165) is 0 Å². The summed E-state index contributed by atoms with van der Waals surface area (Å²) in [6, 6.07) is -0.0903. The van der Waals surface area contributed by atoms with Crippen LogP contribution in [0.25, 0.3) is 0 Å². The molecule has 1 aliphatic heterocycles. The van der Waals surface area contributed by atoms with Crippen molar-refractivity contribution < 1.29 is 14.7 Å². The van der Waals surface area contributed by atoms with Gasteiger partial charge in [-0.2, -0.15) is 5.48 Å². The van der Waals surface area contributed by atoms with Crippen molar-refractivity contribution in [2.75, 3.05) is 0 Å². The molecule has 4 nitrogen and oxygen atoms in total. The van der Waals surface area contributed by atoms with Gasteiger partial charge < -0.3 is 5.11 Å². The van der Waals surface area contributed by atoms with Gasteiger partial charge in [0.1, 0.15) is 5.92 Å². The SMILES string of the molecule is CC1NOC(C)C1C(=O)O. The number of carboxylic acid groups (broad SMARTS) is 1. The van der Waals surface area contributed by atoms with E-state index >= 15 is 0 Å². The molecule has 1 fully saturated rings. The van der Waals surface area contributed by atoms with Crippen LogP contribution < -0.4 is 5.48 Å². The maximum absolute atomic E-state index is 10.5. The molecule has 0 aromatic heterocycles. The first-order chi connectivity index (χ1) is 4.63. The third-order valence-corrected chi connectivity index (χ3v) is 1.77. The molecular weight excluding hydrogens is 134 g/mol. The number of hydrogen-bond acceptors (Lipinski definition) is 3. The van der Waals surface area contributed by atoms with Crippen molar-refractivity contribution in [3.05, 3.63) is 0 Å². The molecule has 1 heterocycles. The minimum Gasteiger partial charge on any atom is -0.481 e. The van der Waals surface area contributed by atoms with Crippen molar-refractivity contribution in [3.63, 3.8) is 0 Å². The molecule has 0 aliphatic carbocycles. The Labute approximate surface area is 59.1 Å². The normalized spacial score (nSPS) is 40.0. The quantitative estimate of drug-likeness (QED) is 0.545. The zero-order valence-corrected chi connectivity index (χ0v) is 6.00. The lowest BCUT2D eigenvalue weighted by molar-refractivity contribution is -0.143. The number of carbonyl (C=O) groups is 1. The van der Waals surface area contributed by atoms with E-state index in [0.29, 0.717) is 0 Å². The van der Waals surface area contributed by atoms with Crippen molar-refractivity contribution in [1.29, 1.82) is 0 Å². The van der Waals surface area contributed by atoms with Crippen LogP contribution in [-0.4, -0.2) is 23.2 Å². The molecule has 58 valence electrons. The predicted molar refractivity (Wildman–Crippen MR) is 34.3 cm³/mol. The van der Waals surface area contributed by atoms with E-state index < -0.39 is 11.9 Å². The fraction of sp³-hybridized carbons (Fsp3) is 0.833. The molecule has 10 heavy (non-hydrogen) atoms. The van der Waals surface area contributed by atoms with Gasteiger partial charge in [-0.1, -0.05) is 0 Å². The van der Waals surface area contributed by atoms with E-state index in [4.69, 9.17) is 9.94 Å². The lowest BCUT2D eigenvalue weighted by Crippen LogP contribution is -2.30. The molecule has 4 heteroatoms. The molecular formula is C6H11NO3. The monoisotopic (exact) mass is 145 g/mol. The highest BCUT2D eigenvalue weighted by Gasteiger charge is 2.37. The highest BCUT2D eigenvalue weighted by molar-refractivity contribution is 5.71. The topological polar surface area (TPSA) is 58.6 Å². The molecule has 1 rings (SSSR count). The highest BCUT2D eigenvalue weighted by atomic mass is 16.7. The fourth-order valence-electron chi connectivity index (χ4n) is 1.18. The smallest absolute Gasteiger partial charge is 0.310 e. The Morgan fingerprint density at radius 1 is 1.60 bits per heavy atom. The lowest BCUT2D eigenvalue weighted by Gasteiger charge is -2.09. The molecule has 0 radical (unpaired) electrons. The number of carboxylic acids is 1. The maximum atomic E-state index is 10.5. The number of nitrogens with one attached hydrogen (secondary N) is 1. The van der Waals surface area contributed by atoms with Gasteiger partial charge in [0.15, 0.2) is 0 Å². The maximum Gasteiger partial charge on any atom is 0.310 e. The van der Waals surface area contributed by atoms with Crippen molar-refractivity contribution in [3.8, 4) is 0 Å². The number of hydrogen-bond donors (Lipinski definition) is 2. The lowest BCUT2D eigenvalue weighted by atomic mass is 9.98. The van der Waals surface area contributed by atoms with Crippen LogP contribution >= 0.6 is 0 Å². The van der Waals surface area contributed by atoms with Crippen LogP contribution in [0.15, 0.2) is 0 Å². The Kier molecular flexibility index (Phi) is 1.92. The van der Waals surface area contributed by atoms with E-state index in [1.807, 2.05) is 0 Å². The summed E-state index contributed by atoms with van der Waals surface area (Å²) < 4.78 is 0. The van der Waals surface area contributed by atoms with E-state index in [2.05, 4.69) is 5.48 Å². The fourth-order valence-corrected chi connectivity index (χ4v) is 1.18. The molecule has 0 aromatic rings. The second kappa shape index (κ2) is 2.56. The van der Waals surface area contributed by atoms with Crippen molar-refractivity contribution in [2.45, 2.75) is 26.0 Å². The molecule has 0 aromatic carbocycles. The Morgan fingerprint density at radius 3 is 2.40 bits per heavy atom. The Balaban J connectivity index is 2.63. The minimum absolute atomic E-state index is 0.0903. The van der Waals surface area contributed by atoms with E-state index in [1.54, 1.807) is 13.8 Å². The summed E-state index contributed by atoms with van der Waals surface area (Å²) in [5.74, 6) is -1.22. The van der Waals surface area contributed by atoms with Crippen molar-refractivity contribution >= 4 is 5.97 Å². The Morgan fingerprint density at radius 2 is 2.20 bits per heavy atom. The second-order valence-electron chi connectivity index (χ2n) is 2.59. The zero-order chi connectivity index (χ0) is 7.72. The standard InChI is InChI=1S/C6H11NO3/c1-3-5(6(8)9)4(2)10-7-3/h3-5,7H,1-2H3,(H,8,9). The van der Waals surface area contributed by atoms with Gasteiger partial charge in [0.25, 0.3) is 0 Å². The highest BCUT2D eigenvalue weighted by Crippen LogP contribution is 2.18. The third-order valence-electron chi connectivity index (χ3n) is 1.77. The van der Waals surface area contributed by atoms with Crippen LogP contribution in [0.2, 0.25) is 0 Å². The van der Waals surface area contributed by atoms with Crippen LogP contribution in [0.4, 0.5) is 0 Å². The summed E-state index contributed by atoms with van der Waals surface area (Å²) in [7, 11) is 0. The van der Waals surface area contributed by atoms with Crippen LogP contribution in [0.5, 0.6) is 0 Å². The Hall–Kier alpha value is -0.610. The van der Waals surface area contributed by atoms with E-state index in [9.17, 15) is 4.79 Å². The van der Waals surface area contributed by atoms with E-state index in [-0.39, 0.29) is 12.1 Å². The summed E-state index contributed by atoms with van der Waals surface area (Å²) in [6.07, 6.45) is -0.229. The van der Waals surface area contributed by atoms with Gasteiger partial charge in [0.05, 0.1) is 6.10 Å². The van der Waals surface area contributed by atoms with Crippen LogP contribution in [-0.2, 0) is 9.63 Å². The van der Waals surface area contributed by atoms with Crippen molar-refractivity contribution in [2.24, 2.45) is 5.92 Å². The number of rotatable bonds is 1. The van der Waals surface area contributed by atoms with Crippen LogP contribution in [0.1, 0.15) is 13.8 Å². The molecule has 0 saturated carbocycles. The summed E-state index contributed by atoms with van der Waals surface area (Å²) in [6.45, 7) is 3.54. The van der Waals surface area contributed by atoms with Gasteiger partial charge in [-0.3, -0.25) is 9.63 Å². The molecule has 0 bridgehead atoms. The first kappa shape index (κ1) is 7.50. The zero-order valence-electron chi connectivity index (χ0n) is 6.00. The van der Waals surface area contributed by atoms with Gasteiger partial charge in [-0.15, -0.1) is 0 Å². The minimum atomic E-state index is -0.801. The summed E-state index contributed by atoms with van der Waals surface area (Å²) >= 11 is 0. The first-order valence-corrected chi connectivity index (χ1v) is 3.27. The van der Waals surface area contributed by atoms with Gasteiger partial charge >= 0.3 is 5.97 Å². The van der Waals surface area contributed by atoms with Gasteiger partial charge in [0, 0.05) is 6.04 Å². The molecule has 2 N–H and O–H groups in total. The molecule has 1 aliphatic rings. The second-order valence-corrected chi connectivity index (χ2v) is 2.59. The van der Waals surface area contributed by atoms with Gasteiger partial charge in [0.2, 0.25) is 0 Å². The first-order valence-electron chi connectivity index (χ1n) is 3.27. The van der Waals surface area contributed by atoms with E-state index in [1.165, 1.54) is 0 Å². The summed E-state index contributed by atoms with van der Waals surface area (Å²) in [5, 5.41) is 8.63. The number of hydroxylamine groups is 1. The van der Waals surface area contributed by atoms with Crippen LogP contribution in [0, 0.1) is 5.92 Å². The van der Waals surface area contributed by atoms with Crippen molar-refractivity contribution in [1.82, 2.24) is 5.48 Å². The Bertz CT molecular complexity index is 138. The summed E-state index contributed by atoms with van der Waals surface area (Å²) in [5.41, 5.74) is 2.62. The average molecular weight is 145 g/mol. The molecule has 1 saturated heterocycles. The summed E-state index contributed by atoms with van der Waals surface area (Å²) in [4.78, 5) is 15.4. The van der Waals surface area contributed by atoms with Crippen LogP contribution in [0.3, 0.4) is 0 Å². The average Bonchev–Trinajstić information content (AvgIpc) is 2.11.